The predicted octanol–water partition coefficient (Wildman–Crippen LogP) is 6.61. The standard InChI is InChI=1S/C26H40O4S/c1-3-9-23-10-5-4-6-15-25(16-7-8-17-26(23,20-25)18-19-27)21-30-31(28,29)24-13-11-22(2)12-14-24/h11-14,19,23H,3-10,15-18,20-21H2,1-2H3. The maximum absolute atomic E-state index is 12.9. The summed E-state index contributed by atoms with van der Waals surface area (Å²) in [4.78, 5) is 12.1. The number of hydrogen-bond donors (Lipinski definition) is 0. The van der Waals surface area contributed by atoms with Gasteiger partial charge in [-0.2, -0.15) is 8.42 Å². The van der Waals surface area contributed by atoms with Gasteiger partial charge in [0.05, 0.1) is 11.5 Å². The summed E-state index contributed by atoms with van der Waals surface area (Å²) in [6.07, 6.45) is 14.9. The van der Waals surface area contributed by atoms with Gasteiger partial charge >= 0.3 is 0 Å². The minimum Gasteiger partial charge on any atom is -0.303 e. The summed E-state index contributed by atoms with van der Waals surface area (Å²) in [7, 11) is -3.79. The summed E-state index contributed by atoms with van der Waals surface area (Å²) >= 11 is 0. The molecular formula is C26H40O4S. The summed E-state index contributed by atoms with van der Waals surface area (Å²) in [6, 6.07) is 6.88. The Hall–Kier alpha value is -1.20. The van der Waals surface area contributed by atoms with Crippen molar-refractivity contribution >= 4 is 16.4 Å². The lowest BCUT2D eigenvalue weighted by Gasteiger charge is -2.45. The molecule has 2 saturated carbocycles. The van der Waals surface area contributed by atoms with Crippen LogP contribution in [0.3, 0.4) is 0 Å². The molecule has 0 amide bonds. The lowest BCUT2D eigenvalue weighted by molar-refractivity contribution is -0.112. The Bertz CT molecular complexity index is 816. The van der Waals surface area contributed by atoms with Gasteiger partial charge in [0.15, 0.2) is 0 Å². The maximum Gasteiger partial charge on any atom is 0.296 e. The lowest BCUT2D eigenvalue weighted by atomic mass is 9.60. The summed E-state index contributed by atoms with van der Waals surface area (Å²) in [6.45, 7) is 4.42. The average molecular weight is 449 g/mol. The Morgan fingerprint density at radius 3 is 2.39 bits per heavy atom. The number of benzene rings is 1. The molecule has 2 aliphatic carbocycles. The topological polar surface area (TPSA) is 60.4 Å². The van der Waals surface area contributed by atoms with Crippen molar-refractivity contribution in [2.45, 2.75) is 102 Å². The molecule has 3 rings (SSSR count). The third-order valence-corrected chi connectivity index (χ3v) is 9.22. The monoisotopic (exact) mass is 448 g/mol. The molecule has 0 radical (unpaired) electrons. The average Bonchev–Trinajstić information content (AvgIpc) is 2.88. The van der Waals surface area contributed by atoms with Crippen LogP contribution in [0.1, 0.15) is 96.0 Å². The first-order chi connectivity index (χ1) is 14.8. The summed E-state index contributed by atoms with van der Waals surface area (Å²) in [5, 5.41) is 0. The highest BCUT2D eigenvalue weighted by Crippen LogP contribution is 2.55. The first kappa shape index (κ1) is 24.4. The second kappa shape index (κ2) is 10.6. The Morgan fingerprint density at radius 2 is 1.71 bits per heavy atom. The number of fused-ring (bicyclic) bond motifs is 2. The fraction of sp³-hybridized carbons (Fsp3) is 0.731. The molecule has 4 nitrogen and oxygen atoms in total. The van der Waals surface area contributed by atoms with Gasteiger partial charge in [0.25, 0.3) is 10.1 Å². The molecule has 2 bridgehead atoms. The molecule has 2 fully saturated rings. The van der Waals surface area contributed by atoms with Gasteiger partial charge in [-0.1, -0.05) is 69.6 Å². The van der Waals surface area contributed by atoms with Crippen LogP contribution in [0.15, 0.2) is 29.2 Å². The smallest absolute Gasteiger partial charge is 0.296 e. The highest BCUT2D eigenvalue weighted by molar-refractivity contribution is 7.86. The van der Waals surface area contributed by atoms with Crippen molar-refractivity contribution in [3.63, 3.8) is 0 Å². The van der Waals surface area contributed by atoms with E-state index in [1.165, 1.54) is 19.3 Å². The number of rotatable bonds is 8. The molecule has 1 aromatic carbocycles. The molecule has 174 valence electrons. The van der Waals surface area contributed by atoms with Gasteiger partial charge in [-0.3, -0.25) is 4.18 Å². The molecule has 0 spiro atoms. The number of carbonyl (C=O) groups excluding carboxylic acids is 1. The molecular weight excluding hydrogens is 408 g/mol. The van der Waals surface area contributed by atoms with Crippen LogP contribution in [0.25, 0.3) is 0 Å². The molecule has 0 aromatic heterocycles. The van der Waals surface area contributed by atoms with Crippen molar-refractivity contribution in [1.29, 1.82) is 0 Å². The van der Waals surface area contributed by atoms with E-state index in [4.69, 9.17) is 4.18 Å². The van der Waals surface area contributed by atoms with E-state index >= 15 is 0 Å². The van der Waals surface area contributed by atoms with E-state index in [9.17, 15) is 13.2 Å². The van der Waals surface area contributed by atoms with Crippen molar-refractivity contribution < 1.29 is 17.4 Å². The van der Waals surface area contributed by atoms with Crippen LogP contribution in [-0.4, -0.2) is 21.3 Å². The number of hydrogen-bond acceptors (Lipinski definition) is 4. The van der Waals surface area contributed by atoms with Gasteiger partial charge < -0.3 is 4.79 Å². The van der Waals surface area contributed by atoms with Gasteiger partial charge in [0.2, 0.25) is 0 Å². The second-order valence-electron chi connectivity index (χ2n) is 10.2. The van der Waals surface area contributed by atoms with Crippen LogP contribution < -0.4 is 0 Å². The molecule has 0 heterocycles. The first-order valence-corrected chi connectivity index (χ1v) is 13.7. The summed E-state index contributed by atoms with van der Waals surface area (Å²) < 4.78 is 31.7. The second-order valence-corrected chi connectivity index (χ2v) is 11.8. The number of aldehydes is 1. The van der Waals surface area contributed by atoms with Gasteiger partial charge in [-0.15, -0.1) is 0 Å². The maximum atomic E-state index is 12.9. The Balaban J connectivity index is 1.89. The molecule has 31 heavy (non-hydrogen) atoms. The predicted molar refractivity (Wildman–Crippen MR) is 124 cm³/mol. The third kappa shape index (κ3) is 5.98. The Labute approximate surface area is 189 Å². The van der Waals surface area contributed by atoms with Gasteiger partial charge in [0.1, 0.15) is 6.29 Å². The van der Waals surface area contributed by atoms with Crippen LogP contribution in [0.2, 0.25) is 0 Å². The van der Waals surface area contributed by atoms with Crippen LogP contribution in [0, 0.1) is 23.7 Å². The van der Waals surface area contributed by atoms with Gasteiger partial charge in [-0.25, -0.2) is 0 Å². The van der Waals surface area contributed by atoms with E-state index in [0.29, 0.717) is 12.3 Å². The lowest BCUT2D eigenvalue weighted by Crippen LogP contribution is -2.39. The van der Waals surface area contributed by atoms with E-state index in [1.54, 1.807) is 12.1 Å². The fourth-order valence-electron chi connectivity index (χ4n) is 6.31. The SMILES string of the molecule is CCCC1CCCCCC2(COS(=O)(=O)c3ccc(C)cc3)CCCCC1(CC=O)C2. The van der Waals surface area contributed by atoms with Crippen LogP contribution in [0.4, 0.5) is 0 Å². The largest absolute Gasteiger partial charge is 0.303 e. The van der Waals surface area contributed by atoms with E-state index in [2.05, 4.69) is 6.92 Å². The van der Waals surface area contributed by atoms with Crippen LogP contribution >= 0.6 is 0 Å². The number of aryl methyl sites for hydroxylation is 1. The molecule has 0 aliphatic heterocycles. The molecule has 2 aliphatic rings. The number of carbonyl (C=O) groups is 1. The minimum atomic E-state index is -3.79. The van der Waals surface area contributed by atoms with Gasteiger partial charge in [0, 0.05) is 6.42 Å². The first-order valence-electron chi connectivity index (χ1n) is 12.2. The Morgan fingerprint density at radius 1 is 1.03 bits per heavy atom. The molecule has 1 aromatic rings. The quantitative estimate of drug-likeness (QED) is 0.332. The van der Waals surface area contributed by atoms with E-state index in [-0.39, 0.29) is 22.3 Å². The van der Waals surface area contributed by atoms with Crippen molar-refractivity contribution in [3.8, 4) is 0 Å². The van der Waals surface area contributed by atoms with Gasteiger partial charge in [-0.05, 0) is 67.9 Å². The molecule has 0 saturated heterocycles. The van der Waals surface area contributed by atoms with Crippen LogP contribution in [-0.2, 0) is 19.1 Å². The van der Waals surface area contributed by atoms with Crippen LogP contribution in [0.5, 0.6) is 0 Å². The van der Waals surface area contributed by atoms with E-state index in [0.717, 1.165) is 69.6 Å². The van der Waals surface area contributed by atoms with E-state index < -0.39 is 10.1 Å². The summed E-state index contributed by atoms with van der Waals surface area (Å²) in [5.41, 5.74) is 0.863. The van der Waals surface area contributed by atoms with E-state index in [1.807, 2.05) is 19.1 Å². The zero-order valence-corrected chi connectivity index (χ0v) is 20.2. The van der Waals surface area contributed by atoms with Crippen molar-refractivity contribution in [3.05, 3.63) is 29.8 Å². The minimum absolute atomic E-state index is 0.00438. The zero-order chi connectivity index (χ0) is 22.4. The zero-order valence-electron chi connectivity index (χ0n) is 19.4. The third-order valence-electron chi connectivity index (χ3n) is 7.94. The fourth-order valence-corrected chi connectivity index (χ4v) is 7.32. The molecule has 3 unspecified atom stereocenters. The molecule has 3 atom stereocenters. The Kier molecular flexibility index (Phi) is 8.37. The highest BCUT2D eigenvalue weighted by Gasteiger charge is 2.47. The molecule has 0 N–H and O–H groups in total. The highest BCUT2D eigenvalue weighted by atomic mass is 32.2. The summed E-state index contributed by atoms with van der Waals surface area (Å²) in [5.74, 6) is 0.548. The van der Waals surface area contributed by atoms with Crippen molar-refractivity contribution in [1.82, 2.24) is 0 Å². The molecule has 5 heteroatoms. The van der Waals surface area contributed by atoms with Crippen molar-refractivity contribution in [2.24, 2.45) is 16.7 Å². The normalized spacial score (nSPS) is 29.9. The van der Waals surface area contributed by atoms with Crippen molar-refractivity contribution in [2.75, 3.05) is 6.61 Å².